The van der Waals surface area contributed by atoms with E-state index in [4.69, 9.17) is 0 Å². The van der Waals surface area contributed by atoms with Gasteiger partial charge in [0.05, 0.1) is 0 Å². The summed E-state index contributed by atoms with van der Waals surface area (Å²) in [5.74, 6) is 0.856. The highest BCUT2D eigenvalue weighted by Crippen LogP contribution is 2.16. The Labute approximate surface area is 86.9 Å². The average Bonchev–Trinajstić information content (AvgIpc) is 2.78. The second kappa shape index (κ2) is 3.47. The smallest absolute Gasteiger partial charge is 0.205 e. The molecule has 2 aromatic heterocycles. The Hall–Kier alpha value is -1.69. The first-order valence-electron chi connectivity index (χ1n) is 5.10. The second-order valence-corrected chi connectivity index (χ2v) is 3.58. The Morgan fingerprint density at radius 2 is 2.33 bits per heavy atom. The SMILES string of the molecule is c1cn2cnnc2c(N2CCCCN2)n1. The molecule has 1 aliphatic rings. The highest BCUT2D eigenvalue weighted by atomic mass is 15.5. The lowest BCUT2D eigenvalue weighted by Gasteiger charge is -2.28. The summed E-state index contributed by atoms with van der Waals surface area (Å²) in [6.07, 6.45) is 7.70. The van der Waals surface area contributed by atoms with Crippen LogP contribution in [0.3, 0.4) is 0 Å². The number of nitrogens with one attached hydrogen (secondary N) is 1. The highest BCUT2D eigenvalue weighted by molar-refractivity contribution is 5.62. The molecule has 0 radical (unpaired) electrons. The number of nitrogens with zero attached hydrogens (tertiary/aromatic N) is 5. The molecule has 0 spiro atoms. The van der Waals surface area contributed by atoms with Gasteiger partial charge in [-0.1, -0.05) is 0 Å². The van der Waals surface area contributed by atoms with E-state index in [0.29, 0.717) is 0 Å². The summed E-state index contributed by atoms with van der Waals surface area (Å²) < 4.78 is 1.87. The second-order valence-electron chi connectivity index (χ2n) is 3.58. The number of anilines is 1. The Bertz CT molecular complexity index is 458. The van der Waals surface area contributed by atoms with Crippen molar-refractivity contribution in [1.82, 2.24) is 25.0 Å². The third-order valence-electron chi connectivity index (χ3n) is 2.56. The van der Waals surface area contributed by atoms with Crippen LogP contribution >= 0.6 is 0 Å². The maximum atomic E-state index is 4.34. The minimum absolute atomic E-state index is 0.798. The van der Waals surface area contributed by atoms with Crippen LogP contribution in [-0.2, 0) is 0 Å². The van der Waals surface area contributed by atoms with E-state index in [1.807, 2.05) is 15.6 Å². The summed E-state index contributed by atoms with van der Waals surface area (Å²) in [6.45, 7) is 1.97. The first-order chi connectivity index (χ1) is 7.45. The van der Waals surface area contributed by atoms with Gasteiger partial charge in [0.2, 0.25) is 5.65 Å². The van der Waals surface area contributed by atoms with E-state index >= 15 is 0 Å². The van der Waals surface area contributed by atoms with Gasteiger partial charge >= 0.3 is 0 Å². The van der Waals surface area contributed by atoms with Crippen LogP contribution in [0.4, 0.5) is 5.82 Å². The molecule has 3 rings (SSSR count). The topological polar surface area (TPSA) is 58.4 Å². The van der Waals surface area contributed by atoms with Crippen molar-refractivity contribution in [2.75, 3.05) is 18.1 Å². The Kier molecular flexibility index (Phi) is 1.99. The monoisotopic (exact) mass is 204 g/mol. The highest BCUT2D eigenvalue weighted by Gasteiger charge is 2.15. The van der Waals surface area contributed by atoms with Crippen LogP contribution in [0.2, 0.25) is 0 Å². The Morgan fingerprint density at radius 3 is 3.20 bits per heavy atom. The lowest BCUT2D eigenvalue weighted by molar-refractivity contribution is 0.508. The fraction of sp³-hybridized carbons (Fsp3) is 0.444. The predicted molar refractivity (Wildman–Crippen MR) is 55.4 cm³/mol. The van der Waals surface area contributed by atoms with Crippen molar-refractivity contribution in [1.29, 1.82) is 0 Å². The lowest BCUT2D eigenvalue weighted by Crippen LogP contribution is -2.44. The van der Waals surface area contributed by atoms with Gasteiger partial charge in [0.15, 0.2) is 5.82 Å². The zero-order valence-electron chi connectivity index (χ0n) is 8.30. The maximum Gasteiger partial charge on any atom is 0.205 e. The molecule has 78 valence electrons. The van der Waals surface area contributed by atoms with Crippen molar-refractivity contribution < 1.29 is 0 Å². The fourth-order valence-corrected chi connectivity index (χ4v) is 1.80. The molecule has 1 N–H and O–H groups in total. The summed E-state index contributed by atoms with van der Waals surface area (Å²) in [6, 6.07) is 0. The minimum atomic E-state index is 0.798. The van der Waals surface area contributed by atoms with Crippen LogP contribution in [0.25, 0.3) is 5.65 Å². The van der Waals surface area contributed by atoms with E-state index in [2.05, 4.69) is 20.6 Å². The summed E-state index contributed by atoms with van der Waals surface area (Å²) >= 11 is 0. The summed E-state index contributed by atoms with van der Waals surface area (Å²) in [4.78, 5) is 4.34. The zero-order valence-corrected chi connectivity index (χ0v) is 8.30. The van der Waals surface area contributed by atoms with Crippen LogP contribution in [0, 0.1) is 0 Å². The van der Waals surface area contributed by atoms with Crippen molar-refractivity contribution in [3.8, 4) is 0 Å². The molecule has 0 saturated carbocycles. The van der Waals surface area contributed by atoms with Gasteiger partial charge in [0.1, 0.15) is 6.33 Å². The third kappa shape index (κ3) is 1.42. The van der Waals surface area contributed by atoms with Crippen LogP contribution in [0.5, 0.6) is 0 Å². The standard InChI is InChI=1S/C9H12N6/c1-2-5-15(12-3-1)8-9-13-11-7-14(9)6-4-10-8/h4,6-7,12H,1-3,5H2. The normalized spacial score (nSPS) is 17.2. The largest absolute Gasteiger partial charge is 0.289 e. The van der Waals surface area contributed by atoms with Crippen LogP contribution in [0.15, 0.2) is 18.7 Å². The van der Waals surface area contributed by atoms with Crippen molar-refractivity contribution in [2.45, 2.75) is 12.8 Å². The molecule has 2 aromatic rings. The predicted octanol–water partition coefficient (Wildman–Crippen LogP) is 0.229. The Balaban J connectivity index is 2.05. The summed E-state index contributed by atoms with van der Waals surface area (Å²) in [7, 11) is 0. The van der Waals surface area contributed by atoms with E-state index < -0.39 is 0 Å². The van der Waals surface area contributed by atoms with Crippen LogP contribution in [0.1, 0.15) is 12.8 Å². The van der Waals surface area contributed by atoms with E-state index in [1.165, 1.54) is 12.8 Å². The van der Waals surface area contributed by atoms with Gasteiger partial charge in [-0.05, 0) is 12.8 Å². The van der Waals surface area contributed by atoms with E-state index in [-0.39, 0.29) is 0 Å². The van der Waals surface area contributed by atoms with Crippen LogP contribution < -0.4 is 10.4 Å². The molecule has 1 saturated heterocycles. The number of rotatable bonds is 1. The molecule has 0 bridgehead atoms. The quantitative estimate of drug-likeness (QED) is 0.720. The number of hydrogen-bond acceptors (Lipinski definition) is 5. The fourth-order valence-electron chi connectivity index (χ4n) is 1.80. The number of hydrazine groups is 1. The lowest BCUT2D eigenvalue weighted by atomic mass is 10.2. The van der Waals surface area contributed by atoms with Gasteiger partial charge in [-0.15, -0.1) is 10.2 Å². The van der Waals surface area contributed by atoms with E-state index in [1.54, 1.807) is 12.5 Å². The molecule has 0 unspecified atom stereocenters. The first-order valence-corrected chi connectivity index (χ1v) is 5.10. The summed E-state index contributed by atoms with van der Waals surface area (Å²) in [5, 5.41) is 9.99. The maximum absolute atomic E-state index is 4.34. The molecule has 3 heterocycles. The van der Waals surface area contributed by atoms with E-state index in [0.717, 1.165) is 24.6 Å². The average molecular weight is 204 g/mol. The molecule has 0 amide bonds. The molecular formula is C9H12N6. The zero-order chi connectivity index (χ0) is 10.1. The van der Waals surface area contributed by atoms with Gasteiger partial charge in [-0.25, -0.2) is 10.4 Å². The molecule has 6 heteroatoms. The molecule has 0 aliphatic carbocycles. The number of aromatic nitrogens is 4. The molecule has 1 aliphatic heterocycles. The Morgan fingerprint density at radius 1 is 1.33 bits per heavy atom. The minimum Gasteiger partial charge on any atom is -0.289 e. The van der Waals surface area contributed by atoms with Gasteiger partial charge < -0.3 is 0 Å². The van der Waals surface area contributed by atoms with Gasteiger partial charge in [-0.2, -0.15) is 0 Å². The molecule has 6 nitrogen and oxygen atoms in total. The number of fused-ring (bicyclic) bond motifs is 1. The van der Waals surface area contributed by atoms with Gasteiger partial charge in [0, 0.05) is 25.5 Å². The van der Waals surface area contributed by atoms with Crippen molar-refractivity contribution in [2.24, 2.45) is 0 Å². The van der Waals surface area contributed by atoms with Gasteiger partial charge in [-0.3, -0.25) is 9.41 Å². The van der Waals surface area contributed by atoms with Gasteiger partial charge in [0.25, 0.3) is 0 Å². The first kappa shape index (κ1) is 8.60. The molecule has 0 atom stereocenters. The third-order valence-corrected chi connectivity index (χ3v) is 2.56. The number of hydrogen-bond donors (Lipinski definition) is 1. The van der Waals surface area contributed by atoms with E-state index in [9.17, 15) is 0 Å². The summed E-state index contributed by atoms with van der Waals surface area (Å²) in [5.41, 5.74) is 4.11. The molecule has 15 heavy (non-hydrogen) atoms. The van der Waals surface area contributed by atoms with Crippen LogP contribution in [-0.4, -0.2) is 32.7 Å². The molecular weight excluding hydrogens is 192 g/mol. The van der Waals surface area contributed by atoms with Crippen molar-refractivity contribution in [3.63, 3.8) is 0 Å². The molecule has 0 aromatic carbocycles. The van der Waals surface area contributed by atoms with Crippen molar-refractivity contribution in [3.05, 3.63) is 18.7 Å². The molecule has 1 fully saturated rings. The van der Waals surface area contributed by atoms with Crippen molar-refractivity contribution >= 4 is 11.5 Å².